The van der Waals surface area contributed by atoms with E-state index in [4.69, 9.17) is 21.1 Å². The molecule has 3 aromatic rings. The number of imide groups is 1. The number of nitrogens with zero attached hydrogens (tertiary/aromatic N) is 1. The monoisotopic (exact) mass is 564 g/mol. The molecule has 0 atom stereocenters. The van der Waals surface area contributed by atoms with Crippen LogP contribution in [0.1, 0.15) is 34.7 Å². The van der Waals surface area contributed by atoms with Gasteiger partial charge in [0.05, 0.1) is 16.5 Å². The van der Waals surface area contributed by atoms with Crippen molar-refractivity contribution >= 4 is 52.2 Å². The molecule has 3 amide bonds. The second-order valence-corrected chi connectivity index (χ2v) is 10.6. The first kappa shape index (κ1) is 28.3. The standard InChI is InChI=1S/C30H29ClN2O5S/c1-5-37-25-14-22(13-24(31)28(25)38-17-21-9-6-18(2)7-10-21)15-26-29(35)33(30(36)39-26)16-27(34)32-23-11-8-19(3)20(4)12-23/h6-15H,5,16-17H2,1-4H3,(H,32,34)/b26-15+. The summed E-state index contributed by atoms with van der Waals surface area (Å²) < 4.78 is 11.7. The van der Waals surface area contributed by atoms with Gasteiger partial charge in [-0.05, 0) is 92.1 Å². The van der Waals surface area contributed by atoms with Crippen molar-refractivity contribution in [2.24, 2.45) is 0 Å². The van der Waals surface area contributed by atoms with Crippen molar-refractivity contribution in [2.45, 2.75) is 34.3 Å². The Kier molecular flexibility index (Phi) is 8.99. The molecule has 1 fully saturated rings. The van der Waals surface area contributed by atoms with Gasteiger partial charge in [0.15, 0.2) is 11.5 Å². The average molecular weight is 565 g/mol. The van der Waals surface area contributed by atoms with Gasteiger partial charge in [0.1, 0.15) is 13.2 Å². The molecule has 39 heavy (non-hydrogen) atoms. The third kappa shape index (κ3) is 7.02. The van der Waals surface area contributed by atoms with Crippen LogP contribution in [0.3, 0.4) is 0 Å². The van der Waals surface area contributed by atoms with E-state index in [1.807, 2.05) is 64.1 Å². The summed E-state index contributed by atoms with van der Waals surface area (Å²) in [5.74, 6) is -0.185. The second kappa shape index (κ2) is 12.4. The summed E-state index contributed by atoms with van der Waals surface area (Å²) in [4.78, 5) is 39.3. The number of hydrogen-bond acceptors (Lipinski definition) is 6. The summed E-state index contributed by atoms with van der Waals surface area (Å²) in [6, 6.07) is 16.9. The molecular weight excluding hydrogens is 536 g/mol. The van der Waals surface area contributed by atoms with Gasteiger partial charge in [0.25, 0.3) is 11.1 Å². The molecule has 1 N–H and O–H groups in total. The lowest BCUT2D eigenvalue weighted by Gasteiger charge is -2.15. The van der Waals surface area contributed by atoms with Gasteiger partial charge in [0.2, 0.25) is 5.91 Å². The Bertz CT molecular complexity index is 1450. The lowest BCUT2D eigenvalue weighted by molar-refractivity contribution is -0.127. The number of carbonyl (C=O) groups is 3. The van der Waals surface area contributed by atoms with Crippen LogP contribution in [0.15, 0.2) is 59.5 Å². The van der Waals surface area contributed by atoms with Gasteiger partial charge in [-0.2, -0.15) is 0 Å². The molecular formula is C30H29ClN2O5S. The van der Waals surface area contributed by atoms with Crippen molar-refractivity contribution < 1.29 is 23.9 Å². The summed E-state index contributed by atoms with van der Waals surface area (Å²) in [7, 11) is 0. The van der Waals surface area contributed by atoms with E-state index >= 15 is 0 Å². The average Bonchev–Trinajstić information content (AvgIpc) is 3.14. The molecule has 0 spiro atoms. The summed E-state index contributed by atoms with van der Waals surface area (Å²) in [6.07, 6.45) is 1.56. The highest BCUT2D eigenvalue weighted by Gasteiger charge is 2.36. The first-order valence-electron chi connectivity index (χ1n) is 12.4. The minimum Gasteiger partial charge on any atom is -0.490 e. The molecule has 1 heterocycles. The first-order chi connectivity index (χ1) is 18.6. The number of benzene rings is 3. The van der Waals surface area contributed by atoms with Crippen LogP contribution in [0, 0.1) is 20.8 Å². The maximum absolute atomic E-state index is 13.0. The van der Waals surface area contributed by atoms with E-state index in [1.54, 1.807) is 24.3 Å². The summed E-state index contributed by atoms with van der Waals surface area (Å²) >= 11 is 7.32. The van der Waals surface area contributed by atoms with Gasteiger partial charge in [-0.3, -0.25) is 19.3 Å². The van der Waals surface area contributed by atoms with E-state index in [2.05, 4.69) is 5.32 Å². The predicted octanol–water partition coefficient (Wildman–Crippen LogP) is 6.92. The lowest BCUT2D eigenvalue weighted by atomic mass is 10.1. The zero-order chi connectivity index (χ0) is 28.1. The van der Waals surface area contributed by atoms with E-state index in [1.165, 1.54) is 0 Å². The molecule has 202 valence electrons. The van der Waals surface area contributed by atoms with E-state index < -0.39 is 17.1 Å². The van der Waals surface area contributed by atoms with Crippen LogP contribution >= 0.6 is 23.4 Å². The van der Waals surface area contributed by atoms with Crippen LogP contribution in [0.2, 0.25) is 5.02 Å². The Morgan fingerprint density at radius 1 is 1.00 bits per heavy atom. The van der Waals surface area contributed by atoms with Gasteiger partial charge in [-0.25, -0.2) is 0 Å². The SMILES string of the molecule is CCOc1cc(/C=C2/SC(=O)N(CC(=O)Nc3ccc(C)c(C)c3)C2=O)cc(Cl)c1OCc1ccc(C)cc1. The van der Waals surface area contributed by atoms with Crippen molar-refractivity contribution in [1.82, 2.24) is 4.90 Å². The molecule has 0 aliphatic carbocycles. The largest absolute Gasteiger partial charge is 0.490 e. The molecule has 0 saturated carbocycles. The highest BCUT2D eigenvalue weighted by molar-refractivity contribution is 8.18. The number of nitrogens with one attached hydrogen (secondary N) is 1. The van der Waals surface area contributed by atoms with Gasteiger partial charge in [-0.1, -0.05) is 47.5 Å². The minimum atomic E-state index is -0.547. The Morgan fingerprint density at radius 2 is 1.74 bits per heavy atom. The second-order valence-electron chi connectivity index (χ2n) is 9.15. The highest BCUT2D eigenvalue weighted by Crippen LogP contribution is 2.39. The smallest absolute Gasteiger partial charge is 0.294 e. The van der Waals surface area contributed by atoms with Gasteiger partial charge in [0, 0.05) is 5.69 Å². The number of aryl methyl sites for hydroxylation is 3. The number of thioether (sulfide) groups is 1. The molecule has 4 rings (SSSR count). The Hall–Kier alpha value is -3.75. The Balaban J connectivity index is 1.48. The van der Waals surface area contributed by atoms with E-state index in [-0.39, 0.29) is 11.4 Å². The summed E-state index contributed by atoms with van der Waals surface area (Å²) in [5.41, 5.74) is 5.44. The molecule has 0 radical (unpaired) electrons. The molecule has 1 aliphatic heterocycles. The molecule has 0 aromatic heterocycles. The van der Waals surface area contributed by atoms with Crippen molar-refractivity contribution in [2.75, 3.05) is 18.5 Å². The fourth-order valence-corrected chi connectivity index (χ4v) is 4.98. The molecule has 0 unspecified atom stereocenters. The van der Waals surface area contributed by atoms with Gasteiger partial charge < -0.3 is 14.8 Å². The Labute approximate surface area is 237 Å². The number of halogens is 1. The number of carbonyl (C=O) groups excluding carboxylic acids is 3. The van der Waals surface area contributed by atoms with E-state index in [0.29, 0.717) is 41.0 Å². The van der Waals surface area contributed by atoms with Crippen molar-refractivity contribution in [3.05, 3.63) is 92.3 Å². The number of hydrogen-bond donors (Lipinski definition) is 1. The Morgan fingerprint density at radius 3 is 2.44 bits per heavy atom. The lowest BCUT2D eigenvalue weighted by Crippen LogP contribution is -2.36. The van der Waals surface area contributed by atoms with E-state index in [9.17, 15) is 14.4 Å². The minimum absolute atomic E-state index is 0.186. The van der Waals surface area contributed by atoms with Crippen molar-refractivity contribution in [3.63, 3.8) is 0 Å². The third-order valence-electron chi connectivity index (χ3n) is 6.10. The van der Waals surface area contributed by atoms with Crippen LogP contribution in [0.25, 0.3) is 6.08 Å². The highest BCUT2D eigenvalue weighted by atomic mass is 35.5. The van der Waals surface area contributed by atoms with Crippen LogP contribution in [0.4, 0.5) is 10.5 Å². The number of ether oxygens (including phenoxy) is 2. The van der Waals surface area contributed by atoms with Crippen LogP contribution in [0.5, 0.6) is 11.5 Å². The molecule has 7 nitrogen and oxygen atoms in total. The first-order valence-corrected chi connectivity index (χ1v) is 13.6. The number of amides is 3. The van der Waals surface area contributed by atoms with Crippen LogP contribution in [-0.4, -0.2) is 35.1 Å². The normalized spacial score (nSPS) is 14.2. The predicted molar refractivity (Wildman–Crippen MR) is 155 cm³/mol. The van der Waals surface area contributed by atoms with Crippen molar-refractivity contribution in [1.29, 1.82) is 0 Å². The van der Waals surface area contributed by atoms with Gasteiger partial charge in [-0.15, -0.1) is 0 Å². The fourth-order valence-electron chi connectivity index (χ4n) is 3.87. The maximum Gasteiger partial charge on any atom is 0.294 e. The van der Waals surface area contributed by atoms with Crippen molar-refractivity contribution in [3.8, 4) is 11.5 Å². The molecule has 1 saturated heterocycles. The van der Waals surface area contributed by atoms with Gasteiger partial charge >= 0.3 is 0 Å². The topological polar surface area (TPSA) is 84.9 Å². The summed E-state index contributed by atoms with van der Waals surface area (Å²) in [5, 5.41) is 2.54. The quantitative estimate of drug-likeness (QED) is 0.284. The fraction of sp³-hybridized carbons (Fsp3) is 0.233. The third-order valence-corrected chi connectivity index (χ3v) is 7.29. The molecule has 1 aliphatic rings. The molecule has 0 bridgehead atoms. The van der Waals surface area contributed by atoms with Crippen LogP contribution in [-0.2, 0) is 16.2 Å². The number of rotatable bonds is 9. The van der Waals surface area contributed by atoms with Crippen LogP contribution < -0.4 is 14.8 Å². The maximum atomic E-state index is 13.0. The molecule has 9 heteroatoms. The number of anilines is 1. The zero-order valence-corrected chi connectivity index (χ0v) is 23.7. The summed E-state index contributed by atoms with van der Waals surface area (Å²) in [6.45, 7) is 8.09. The molecule has 3 aromatic carbocycles. The van der Waals surface area contributed by atoms with E-state index in [0.717, 1.165) is 38.9 Å². The zero-order valence-electron chi connectivity index (χ0n) is 22.2.